The lowest BCUT2D eigenvalue weighted by molar-refractivity contribution is 0.00578. The normalized spacial score (nSPS) is 21.2. The molecule has 5 rings (SSSR count). The first-order valence-corrected chi connectivity index (χ1v) is 22.7. The highest BCUT2D eigenvalue weighted by Crippen LogP contribution is 2.43. The molecule has 3 fully saturated rings. The highest BCUT2D eigenvalue weighted by Gasteiger charge is 2.63. The van der Waals surface area contributed by atoms with Crippen LogP contribution in [0.5, 0.6) is 0 Å². The second-order valence-corrected chi connectivity index (χ2v) is 22.7. The van der Waals surface area contributed by atoms with E-state index in [0.29, 0.717) is 26.6 Å². The number of hydrogen-bond acceptors (Lipinski definition) is 10. The zero-order chi connectivity index (χ0) is 49.6. The van der Waals surface area contributed by atoms with Gasteiger partial charge in [-0.15, -0.1) is 0 Å². The summed E-state index contributed by atoms with van der Waals surface area (Å²) in [5.41, 5.74) is -0.933. The van der Waals surface area contributed by atoms with Gasteiger partial charge in [0.05, 0.1) is 50.2 Å². The third kappa shape index (κ3) is 13.5. The first kappa shape index (κ1) is 55.6. The number of carbonyl (C=O) groups is 2. The number of amides is 2. The van der Waals surface area contributed by atoms with Crippen LogP contribution < -0.4 is 16.1 Å². The fourth-order valence-corrected chi connectivity index (χ4v) is 7.03. The molecule has 0 saturated carbocycles. The minimum absolute atomic E-state index is 0.310. The fourth-order valence-electron chi connectivity index (χ4n) is 6.60. The van der Waals surface area contributed by atoms with Gasteiger partial charge in [0.1, 0.15) is 22.8 Å². The second-order valence-electron chi connectivity index (χ2n) is 21.8. The van der Waals surface area contributed by atoms with Crippen molar-refractivity contribution in [2.75, 3.05) is 0 Å². The molecule has 0 radical (unpaired) electrons. The van der Waals surface area contributed by atoms with Gasteiger partial charge < -0.3 is 48.0 Å². The number of carbonyl (C=O) groups excluding carboxylic acids is 2. The van der Waals surface area contributed by atoms with E-state index in [1.807, 2.05) is 83.1 Å². The van der Waals surface area contributed by atoms with Crippen molar-refractivity contribution in [3.05, 3.63) is 62.6 Å². The molecule has 64 heavy (non-hydrogen) atoms. The monoisotopic (exact) mass is 964 g/mol. The van der Waals surface area contributed by atoms with E-state index in [1.165, 1.54) is 0 Å². The lowest BCUT2D eigenvalue weighted by Gasteiger charge is -2.32. The summed E-state index contributed by atoms with van der Waals surface area (Å²) in [6.07, 6.45) is -1.05. The number of rotatable bonds is 6. The lowest BCUT2D eigenvalue weighted by atomic mass is 9.49. The molecule has 2 aromatic rings. The molecular weight excluding hydrogens is 891 g/mol. The highest BCUT2D eigenvalue weighted by molar-refractivity contribution is 9.10. The Morgan fingerprint density at radius 2 is 0.859 bits per heavy atom. The van der Waals surface area contributed by atoms with Gasteiger partial charge in [0, 0.05) is 5.46 Å². The molecule has 3 aliphatic heterocycles. The Labute approximate surface area is 391 Å². The molecular formula is C46H74B3BrF2N2O10. The van der Waals surface area contributed by atoms with Gasteiger partial charge in [0.15, 0.2) is 0 Å². The molecule has 0 bridgehead atoms. The summed E-state index contributed by atoms with van der Waals surface area (Å²) in [6.45, 7) is 41.6. The smallest absolute Gasteiger partial charge is 0.444 e. The van der Waals surface area contributed by atoms with Crippen molar-refractivity contribution in [1.82, 2.24) is 10.6 Å². The van der Waals surface area contributed by atoms with E-state index in [2.05, 4.69) is 26.6 Å². The van der Waals surface area contributed by atoms with Crippen LogP contribution in [0.2, 0.25) is 0 Å². The minimum atomic E-state index is -0.767. The van der Waals surface area contributed by atoms with E-state index in [0.717, 1.165) is 5.56 Å². The fraction of sp³-hybridized carbons (Fsp3) is 0.696. The lowest BCUT2D eigenvalue weighted by Crippen LogP contribution is -2.41. The topological polar surface area (TPSA) is 132 Å². The molecule has 0 aliphatic carbocycles. The van der Waals surface area contributed by atoms with Gasteiger partial charge >= 0.3 is 33.3 Å². The average molecular weight is 965 g/mol. The van der Waals surface area contributed by atoms with E-state index in [1.54, 1.807) is 93.5 Å². The summed E-state index contributed by atoms with van der Waals surface area (Å²) < 4.78 is 75.5. The van der Waals surface area contributed by atoms with Gasteiger partial charge in [0.25, 0.3) is 0 Å². The van der Waals surface area contributed by atoms with Crippen molar-refractivity contribution in [3.8, 4) is 0 Å². The van der Waals surface area contributed by atoms with E-state index in [-0.39, 0.29) is 40.1 Å². The van der Waals surface area contributed by atoms with Gasteiger partial charge in [-0.2, -0.15) is 0 Å². The van der Waals surface area contributed by atoms with Crippen LogP contribution in [0.25, 0.3) is 0 Å². The molecule has 2 aromatic carbocycles. The number of nitrogens with one attached hydrogen (secondary N) is 2. The van der Waals surface area contributed by atoms with Gasteiger partial charge in [-0.25, -0.2) is 18.4 Å². The van der Waals surface area contributed by atoms with Crippen LogP contribution in [0.4, 0.5) is 18.4 Å². The van der Waals surface area contributed by atoms with Crippen LogP contribution in [0, 0.1) is 25.5 Å². The Bertz CT molecular complexity index is 1920. The summed E-state index contributed by atoms with van der Waals surface area (Å²) in [7, 11) is -1.72. The Hall–Kier alpha value is -2.73. The van der Waals surface area contributed by atoms with Crippen molar-refractivity contribution in [3.63, 3.8) is 0 Å². The van der Waals surface area contributed by atoms with Crippen molar-refractivity contribution >= 4 is 54.7 Å². The average Bonchev–Trinajstić information content (AvgIpc) is 3.56. The van der Waals surface area contributed by atoms with Crippen LogP contribution in [0.3, 0.4) is 0 Å². The number of ether oxygens (including phenoxy) is 2. The van der Waals surface area contributed by atoms with Gasteiger partial charge in [-0.05, 0) is 197 Å². The summed E-state index contributed by atoms with van der Waals surface area (Å²) >= 11 is 3.13. The Kier molecular flexibility index (Phi) is 16.9. The number of hydrogen-bond donors (Lipinski definition) is 2. The van der Waals surface area contributed by atoms with E-state index >= 15 is 4.39 Å². The summed E-state index contributed by atoms with van der Waals surface area (Å²) in [4.78, 5) is 23.7. The predicted molar refractivity (Wildman–Crippen MR) is 253 cm³/mol. The third-order valence-corrected chi connectivity index (χ3v) is 13.1. The molecule has 3 heterocycles. The molecule has 3 aliphatic rings. The Morgan fingerprint density at radius 3 is 1.19 bits per heavy atom. The van der Waals surface area contributed by atoms with Gasteiger partial charge in [-0.1, -0.05) is 18.2 Å². The van der Waals surface area contributed by atoms with E-state index in [9.17, 15) is 14.0 Å². The molecule has 0 spiro atoms. The molecule has 358 valence electrons. The van der Waals surface area contributed by atoms with Crippen molar-refractivity contribution in [1.29, 1.82) is 0 Å². The highest BCUT2D eigenvalue weighted by atomic mass is 79.9. The Morgan fingerprint density at radius 1 is 0.562 bits per heavy atom. The van der Waals surface area contributed by atoms with Crippen molar-refractivity contribution in [2.45, 2.75) is 209 Å². The first-order chi connectivity index (χ1) is 28.6. The van der Waals surface area contributed by atoms with E-state index in [4.69, 9.17) is 37.4 Å². The van der Waals surface area contributed by atoms with Crippen molar-refractivity contribution in [2.24, 2.45) is 0 Å². The zero-order valence-corrected chi connectivity index (χ0v) is 44.0. The number of alkyl carbamates (subject to hydrolysis) is 2. The summed E-state index contributed by atoms with van der Waals surface area (Å²) in [6, 6.07) is 6.14. The van der Waals surface area contributed by atoms with Gasteiger partial charge in [0.2, 0.25) is 0 Å². The molecule has 0 unspecified atom stereocenters. The van der Waals surface area contributed by atoms with Crippen LogP contribution in [-0.2, 0) is 37.4 Å². The maximum Gasteiger partial charge on any atom is 0.497 e. The minimum Gasteiger partial charge on any atom is -0.444 e. The van der Waals surface area contributed by atoms with Crippen LogP contribution >= 0.6 is 15.9 Å². The number of halogens is 3. The van der Waals surface area contributed by atoms with Crippen LogP contribution in [0.15, 0.2) is 28.7 Å². The van der Waals surface area contributed by atoms with Crippen molar-refractivity contribution < 1.29 is 55.8 Å². The largest absolute Gasteiger partial charge is 0.497 e. The van der Waals surface area contributed by atoms with E-state index < -0.39 is 61.8 Å². The molecule has 3 saturated heterocycles. The van der Waals surface area contributed by atoms with Gasteiger partial charge in [-0.3, -0.25) is 0 Å². The number of benzene rings is 2. The maximum absolute atomic E-state index is 15.1. The van der Waals surface area contributed by atoms with Crippen LogP contribution in [0.1, 0.15) is 173 Å². The second kappa shape index (κ2) is 19.5. The third-order valence-electron chi connectivity index (χ3n) is 12.5. The van der Waals surface area contributed by atoms with Crippen LogP contribution in [-0.4, -0.2) is 78.1 Å². The molecule has 12 nitrogen and oxygen atoms in total. The SMILES string of the molecule is CC1(C)OB(B2OC(C)(C)C(C)(C)O2)OC1(C)C.Cc1c([C@@H](C)NC(=O)OC(C)(C)C)ccc(B2OC(C)(C)C(C)(C)O2)c1F.Cc1c([C@@H](C)NC(=O)OC(C)(C)C)ccc(Br)c1F. The summed E-state index contributed by atoms with van der Waals surface area (Å²) in [5.74, 6) is -0.695. The standard InChI is InChI=1S/C20H31BFNO4.C14H19BrFNO2.C12H24B2O4/c1-12-14(13(2)23-17(24)25-18(3,4)5)10-11-15(16(12)22)21-26-19(6,7)20(8,9)27-21;1-8-10(6-7-11(15)12(8)16)9(2)17-13(18)19-14(3,4)5;1-9(2)10(3,4)16-13(15-9)14-17-11(5,6)12(7,8)18-14/h10-11,13H,1-9H3,(H,23,24);6-7,9H,1-5H3,(H,17,18);1-8H3/t13-;9-;/m11./s1. The molecule has 18 heteroatoms. The molecule has 0 aromatic heterocycles. The maximum atomic E-state index is 15.1. The zero-order valence-electron chi connectivity index (χ0n) is 42.4. The predicted octanol–water partition coefficient (Wildman–Crippen LogP) is 10.8. The molecule has 2 atom stereocenters. The summed E-state index contributed by atoms with van der Waals surface area (Å²) in [5, 5.41) is 5.44. The Balaban J connectivity index is 0.000000263. The quantitative estimate of drug-likeness (QED) is 0.270. The molecule has 2 amide bonds. The molecule has 2 N–H and O–H groups in total. The first-order valence-electron chi connectivity index (χ1n) is 21.9.